The van der Waals surface area contributed by atoms with Crippen molar-refractivity contribution >= 4 is 66.4 Å². The molecule has 0 aliphatic rings. The maximum atomic E-state index is 6.39. The Hall–Kier alpha value is 0.460. The topological polar surface area (TPSA) is 0 Å². The van der Waals surface area contributed by atoms with E-state index in [1.807, 2.05) is 18.2 Å². The molecule has 0 saturated heterocycles. The Morgan fingerprint density at radius 1 is 1.24 bits per heavy atom. The predicted octanol–water partition coefficient (Wildman–Crippen LogP) is 6.45. The van der Waals surface area contributed by atoms with Gasteiger partial charge in [0.05, 0.1) is 14.2 Å². The summed E-state index contributed by atoms with van der Waals surface area (Å²) in [6, 6.07) is 10.1. The van der Waals surface area contributed by atoms with E-state index < -0.39 is 0 Å². The van der Waals surface area contributed by atoms with E-state index in [9.17, 15) is 0 Å². The van der Waals surface area contributed by atoms with Crippen molar-refractivity contribution in [2.45, 2.75) is 11.8 Å². The molecule has 1 heterocycles. The molecule has 0 bridgehead atoms. The van der Waals surface area contributed by atoms with Gasteiger partial charge in [0.15, 0.2) is 0 Å². The van der Waals surface area contributed by atoms with Gasteiger partial charge in [-0.05, 0) is 46.1 Å². The van der Waals surface area contributed by atoms with E-state index in [2.05, 4.69) is 44.0 Å². The van der Waals surface area contributed by atoms with Crippen LogP contribution < -0.4 is 0 Å². The first kappa shape index (κ1) is 13.9. The first-order valence-electron chi connectivity index (χ1n) is 4.89. The zero-order chi connectivity index (χ0) is 12.4. The number of hydrogen-bond donors (Lipinski definition) is 0. The molecule has 0 aliphatic heterocycles. The molecule has 0 saturated carbocycles. The first-order valence-corrected chi connectivity index (χ1v) is 8.11. The van der Waals surface area contributed by atoms with Crippen molar-refractivity contribution in [2.75, 3.05) is 0 Å². The van der Waals surface area contributed by atoms with Crippen molar-refractivity contribution in [2.24, 2.45) is 0 Å². The standard InChI is InChI=1S/C12H8Br2Cl2S/c13-8-3-1-2-7(4-8)5-9(15)11-6-10(16)12(14)17-11/h1-4,6,9H,5H2. The Morgan fingerprint density at radius 3 is 2.59 bits per heavy atom. The van der Waals surface area contributed by atoms with Gasteiger partial charge in [0.1, 0.15) is 0 Å². The SMILES string of the molecule is Clc1cc(C(Cl)Cc2cccc(Br)c2)sc1Br. The lowest BCUT2D eigenvalue weighted by atomic mass is 10.1. The Balaban J connectivity index is 2.14. The van der Waals surface area contributed by atoms with Crippen molar-refractivity contribution in [1.82, 2.24) is 0 Å². The Labute approximate surface area is 131 Å². The van der Waals surface area contributed by atoms with Crippen LogP contribution in [-0.2, 0) is 6.42 Å². The number of alkyl halides is 1. The minimum Gasteiger partial charge on any atom is -0.130 e. The third kappa shape index (κ3) is 3.71. The van der Waals surface area contributed by atoms with Crippen LogP contribution in [0, 0.1) is 0 Å². The number of hydrogen-bond acceptors (Lipinski definition) is 1. The van der Waals surface area contributed by atoms with E-state index in [1.54, 1.807) is 11.3 Å². The highest BCUT2D eigenvalue weighted by Gasteiger charge is 2.14. The minimum atomic E-state index is -0.0434. The third-order valence-electron chi connectivity index (χ3n) is 2.28. The van der Waals surface area contributed by atoms with E-state index in [0.717, 1.165) is 24.6 Å². The molecule has 5 heteroatoms. The molecule has 2 aromatic rings. The van der Waals surface area contributed by atoms with E-state index in [4.69, 9.17) is 23.2 Å². The van der Waals surface area contributed by atoms with Gasteiger partial charge < -0.3 is 0 Å². The van der Waals surface area contributed by atoms with Crippen molar-refractivity contribution in [1.29, 1.82) is 0 Å². The van der Waals surface area contributed by atoms with E-state index in [-0.39, 0.29) is 5.38 Å². The molecule has 90 valence electrons. The second-order valence-corrected chi connectivity index (χ2v) is 7.82. The summed E-state index contributed by atoms with van der Waals surface area (Å²) in [6.07, 6.45) is 0.796. The second-order valence-electron chi connectivity index (χ2n) is 3.57. The Bertz CT molecular complexity index is 505. The Morgan fingerprint density at radius 2 is 2.00 bits per heavy atom. The normalized spacial score (nSPS) is 12.7. The van der Waals surface area contributed by atoms with Crippen LogP contribution in [0.15, 0.2) is 38.6 Å². The molecule has 0 nitrogen and oxygen atoms in total. The minimum absolute atomic E-state index is 0.0434. The summed E-state index contributed by atoms with van der Waals surface area (Å²) < 4.78 is 2.01. The summed E-state index contributed by atoms with van der Waals surface area (Å²) in [5.41, 5.74) is 1.21. The van der Waals surface area contributed by atoms with Gasteiger partial charge in [0.2, 0.25) is 0 Å². The maximum Gasteiger partial charge on any atom is 0.0887 e. The molecule has 0 aliphatic carbocycles. The fraction of sp³-hybridized carbons (Fsp3) is 0.167. The largest absolute Gasteiger partial charge is 0.130 e. The van der Waals surface area contributed by atoms with Crippen molar-refractivity contribution in [3.8, 4) is 0 Å². The lowest BCUT2D eigenvalue weighted by molar-refractivity contribution is 0.939. The van der Waals surface area contributed by atoms with Crippen LogP contribution in [0.5, 0.6) is 0 Å². The van der Waals surface area contributed by atoms with Crippen molar-refractivity contribution < 1.29 is 0 Å². The van der Waals surface area contributed by atoms with Gasteiger partial charge in [-0.1, -0.05) is 39.7 Å². The van der Waals surface area contributed by atoms with Crippen LogP contribution >= 0.6 is 66.4 Å². The average molecular weight is 415 g/mol. The highest BCUT2D eigenvalue weighted by atomic mass is 79.9. The van der Waals surface area contributed by atoms with E-state index in [1.165, 1.54) is 5.56 Å². The van der Waals surface area contributed by atoms with Crippen LogP contribution in [0.1, 0.15) is 15.8 Å². The average Bonchev–Trinajstić information content (AvgIpc) is 2.59. The van der Waals surface area contributed by atoms with Gasteiger partial charge in [0, 0.05) is 9.35 Å². The number of rotatable bonds is 3. The molecule has 0 spiro atoms. The van der Waals surface area contributed by atoms with Crippen LogP contribution in [0.25, 0.3) is 0 Å². The van der Waals surface area contributed by atoms with Crippen LogP contribution in [-0.4, -0.2) is 0 Å². The molecule has 0 amide bonds. The zero-order valence-corrected chi connectivity index (χ0v) is 14.1. The van der Waals surface area contributed by atoms with Gasteiger partial charge in [-0.3, -0.25) is 0 Å². The molecular weight excluding hydrogens is 407 g/mol. The van der Waals surface area contributed by atoms with Gasteiger partial charge in [-0.15, -0.1) is 22.9 Å². The monoisotopic (exact) mass is 412 g/mol. The zero-order valence-electron chi connectivity index (χ0n) is 8.59. The fourth-order valence-electron chi connectivity index (χ4n) is 1.49. The molecule has 1 aromatic carbocycles. The van der Waals surface area contributed by atoms with Gasteiger partial charge in [-0.25, -0.2) is 0 Å². The Kier molecular flexibility index (Phi) is 4.96. The molecule has 1 unspecified atom stereocenters. The second kappa shape index (κ2) is 6.07. The highest BCUT2D eigenvalue weighted by molar-refractivity contribution is 9.11. The lowest BCUT2D eigenvalue weighted by Crippen LogP contribution is -1.93. The molecule has 0 N–H and O–H groups in total. The fourth-order valence-corrected chi connectivity index (χ4v) is 4.04. The summed E-state index contributed by atoms with van der Waals surface area (Å²) in [6.45, 7) is 0. The quantitative estimate of drug-likeness (QED) is 0.506. The smallest absolute Gasteiger partial charge is 0.0887 e. The lowest BCUT2D eigenvalue weighted by Gasteiger charge is -2.07. The van der Waals surface area contributed by atoms with Gasteiger partial charge in [0.25, 0.3) is 0 Å². The predicted molar refractivity (Wildman–Crippen MR) is 83.5 cm³/mol. The van der Waals surface area contributed by atoms with E-state index >= 15 is 0 Å². The molecule has 0 radical (unpaired) electrons. The number of benzene rings is 1. The summed E-state index contributed by atoms with van der Waals surface area (Å²) >= 11 is 20.8. The van der Waals surface area contributed by atoms with Crippen LogP contribution in [0.3, 0.4) is 0 Å². The first-order chi connectivity index (χ1) is 8.06. The molecule has 1 aromatic heterocycles. The highest BCUT2D eigenvalue weighted by Crippen LogP contribution is 2.38. The molecule has 17 heavy (non-hydrogen) atoms. The molecule has 1 atom stereocenters. The summed E-state index contributed by atoms with van der Waals surface area (Å²) in [5.74, 6) is 0. The van der Waals surface area contributed by atoms with Gasteiger partial charge >= 0.3 is 0 Å². The maximum absolute atomic E-state index is 6.39. The van der Waals surface area contributed by atoms with Crippen LogP contribution in [0.2, 0.25) is 5.02 Å². The summed E-state index contributed by atoms with van der Waals surface area (Å²) in [5, 5.41) is 0.683. The van der Waals surface area contributed by atoms with Gasteiger partial charge in [-0.2, -0.15) is 0 Å². The number of halogens is 4. The summed E-state index contributed by atoms with van der Waals surface area (Å²) in [4.78, 5) is 1.09. The van der Waals surface area contributed by atoms with Crippen LogP contribution in [0.4, 0.5) is 0 Å². The number of thiophene rings is 1. The van der Waals surface area contributed by atoms with Crippen molar-refractivity contribution in [3.63, 3.8) is 0 Å². The molecule has 0 fully saturated rings. The van der Waals surface area contributed by atoms with E-state index in [0.29, 0.717) is 0 Å². The summed E-state index contributed by atoms with van der Waals surface area (Å²) in [7, 11) is 0. The third-order valence-corrected chi connectivity index (χ3v) is 5.88. The molecular formula is C12H8Br2Cl2S. The molecule has 2 rings (SSSR count). The van der Waals surface area contributed by atoms with Crippen molar-refractivity contribution in [3.05, 3.63) is 54.1 Å².